The molecule has 0 atom stereocenters. The second-order valence-corrected chi connectivity index (χ2v) is 8.85. The van der Waals surface area contributed by atoms with Gasteiger partial charge in [-0.1, -0.05) is 13.0 Å². The fourth-order valence-corrected chi connectivity index (χ4v) is 4.73. The molecule has 0 spiro atoms. The topological polar surface area (TPSA) is 121 Å². The minimum Gasteiger partial charge on any atom is -0.505 e. The van der Waals surface area contributed by atoms with Crippen LogP contribution >= 0.6 is 0 Å². The van der Waals surface area contributed by atoms with Gasteiger partial charge in [0.25, 0.3) is 0 Å². The number of carbonyl (C=O) groups excluding carboxylic acids is 1. The Kier molecular flexibility index (Phi) is 4.59. The van der Waals surface area contributed by atoms with Crippen molar-refractivity contribution in [3.63, 3.8) is 0 Å². The molecule has 1 saturated heterocycles. The van der Waals surface area contributed by atoms with Crippen molar-refractivity contribution < 1.29 is 19.4 Å². The highest BCUT2D eigenvalue weighted by molar-refractivity contribution is 5.94. The number of aromatic nitrogens is 4. The van der Waals surface area contributed by atoms with Crippen molar-refractivity contribution in [1.29, 1.82) is 0 Å². The van der Waals surface area contributed by atoms with E-state index >= 15 is 0 Å². The van der Waals surface area contributed by atoms with E-state index in [4.69, 9.17) is 0 Å². The monoisotopic (exact) mass is 462 g/mol. The van der Waals surface area contributed by atoms with Gasteiger partial charge >= 0.3 is 6.03 Å². The Balaban J connectivity index is 1.27. The van der Waals surface area contributed by atoms with E-state index in [1.54, 1.807) is 9.80 Å². The zero-order chi connectivity index (χ0) is 23.6. The molecule has 6 rings (SSSR count). The summed E-state index contributed by atoms with van der Waals surface area (Å²) in [5.41, 5.74) is 5.55. The van der Waals surface area contributed by atoms with Crippen LogP contribution in [0.25, 0.3) is 33.5 Å². The largest absolute Gasteiger partial charge is 0.505 e. The van der Waals surface area contributed by atoms with Crippen molar-refractivity contribution in [2.24, 2.45) is 0 Å². The number of halogens is 1. The Labute approximate surface area is 193 Å². The smallest absolute Gasteiger partial charge is 0.320 e. The van der Waals surface area contributed by atoms with Gasteiger partial charge in [0, 0.05) is 5.39 Å². The van der Waals surface area contributed by atoms with Crippen LogP contribution in [-0.2, 0) is 19.5 Å². The van der Waals surface area contributed by atoms with Crippen molar-refractivity contribution in [1.82, 2.24) is 30.0 Å². The third kappa shape index (κ3) is 3.21. The lowest BCUT2D eigenvalue weighted by Crippen LogP contribution is -2.56. The number of hydrogen-bond acceptors (Lipinski definition) is 5. The molecule has 9 nitrogen and oxygen atoms in total. The predicted molar refractivity (Wildman–Crippen MR) is 122 cm³/mol. The molecule has 174 valence electrons. The van der Waals surface area contributed by atoms with Crippen LogP contribution in [0.4, 0.5) is 9.18 Å². The number of likely N-dealkylation sites (tertiary alicyclic amines) is 1. The summed E-state index contributed by atoms with van der Waals surface area (Å²) in [6, 6.07) is 8.48. The first-order valence-corrected chi connectivity index (χ1v) is 11.2. The summed E-state index contributed by atoms with van der Waals surface area (Å²) in [7, 11) is 0. The molecule has 0 saturated carbocycles. The van der Waals surface area contributed by atoms with E-state index in [0.29, 0.717) is 44.1 Å². The van der Waals surface area contributed by atoms with Crippen LogP contribution in [0.2, 0.25) is 0 Å². The molecule has 10 heteroatoms. The number of urea groups is 1. The number of phenols is 1. The number of rotatable bonds is 3. The van der Waals surface area contributed by atoms with Gasteiger partial charge in [-0.3, -0.25) is 5.10 Å². The van der Waals surface area contributed by atoms with Crippen LogP contribution < -0.4 is 0 Å². The zero-order valence-corrected chi connectivity index (χ0v) is 18.5. The first-order valence-electron chi connectivity index (χ1n) is 11.2. The summed E-state index contributed by atoms with van der Waals surface area (Å²) in [5.74, 6) is -0.375. The maximum atomic E-state index is 14.0. The highest BCUT2D eigenvalue weighted by Crippen LogP contribution is 2.34. The Hall–Kier alpha value is -3.92. The standard InChI is InChI=1S/C24H23FN6O3/c1-2-12-6-21(33)17(25)7-16(12)13-3-4-15-18(5-13)28-29-22(15)23-26-19-10-31(11-20(19)27-23)24(34)30-8-14(32)9-30/h3-7,14,32-33H,2,8-11H2,1H3,(H,26,27)(H,28,29). The Morgan fingerprint density at radius 1 is 1.21 bits per heavy atom. The molecule has 0 aliphatic carbocycles. The second kappa shape index (κ2) is 7.56. The van der Waals surface area contributed by atoms with Crippen molar-refractivity contribution in [2.75, 3.05) is 13.1 Å². The third-order valence-electron chi connectivity index (χ3n) is 6.61. The number of nitrogens with one attached hydrogen (secondary N) is 2. The van der Waals surface area contributed by atoms with Gasteiger partial charge in [-0.15, -0.1) is 0 Å². The fraction of sp³-hybridized carbons (Fsp3) is 0.292. The summed E-state index contributed by atoms with van der Waals surface area (Å²) >= 11 is 0. The van der Waals surface area contributed by atoms with Crippen molar-refractivity contribution in [3.05, 3.63) is 53.1 Å². The number of phenolic OH excluding ortho intramolecular Hbond substituents is 1. The third-order valence-corrected chi connectivity index (χ3v) is 6.61. The maximum absolute atomic E-state index is 14.0. The molecule has 2 aromatic carbocycles. The predicted octanol–water partition coefficient (Wildman–Crippen LogP) is 3.14. The molecule has 4 aromatic rings. The molecule has 4 N–H and O–H groups in total. The van der Waals surface area contributed by atoms with Crippen molar-refractivity contribution in [3.8, 4) is 28.4 Å². The summed E-state index contributed by atoms with van der Waals surface area (Å²) in [6.45, 7) is 3.56. The number of amides is 2. The molecule has 2 amide bonds. The molecule has 0 bridgehead atoms. The number of aromatic amines is 2. The number of nitrogens with zero attached hydrogens (tertiary/aromatic N) is 4. The lowest BCUT2D eigenvalue weighted by molar-refractivity contribution is 0.0145. The van der Waals surface area contributed by atoms with E-state index in [1.165, 1.54) is 12.1 Å². The fourth-order valence-electron chi connectivity index (χ4n) is 4.73. The maximum Gasteiger partial charge on any atom is 0.320 e. The van der Waals surface area contributed by atoms with E-state index in [1.807, 2.05) is 25.1 Å². The normalized spacial score (nSPS) is 15.7. The molecule has 2 aliphatic heterocycles. The molecule has 2 aromatic heterocycles. The number of imidazole rings is 1. The van der Waals surface area contributed by atoms with E-state index in [0.717, 1.165) is 39.0 Å². The van der Waals surface area contributed by atoms with E-state index < -0.39 is 11.9 Å². The van der Waals surface area contributed by atoms with Crippen molar-refractivity contribution in [2.45, 2.75) is 32.5 Å². The van der Waals surface area contributed by atoms with Gasteiger partial charge in [0.1, 0.15) is 5.69 Å². The number of carbonyl (C=O) groups is 1. The number of aliphatic hydroxyl groups excluding tert-OH is 1. The Morgan fingerprint density at radius 2 is 2.03 bits per heavy atom. The summed E-state index contributed by atoms with van der Waals surface area (Å²) < 4.78 is 14.0. The number of fused-ring (bicyclic) bond motifs is 2. The quantitative estimate of drug-likeness (QED) is 0.373. The summed E-state index contributed by atoms with van der Waals surface area (Å²) in [4.78, 5) is 23.8. The zero-order valence-electron chi connectivity index (χ0n) is 18.5. The van der Waals surface area contributed by atoms with E-state index in [9.17, 15) is 19.4 Å². The molecular formula is C24H23FN6O3. The number of aryl methyl sites for hydroxylation is 1. The first kappa shape index (κ1) is 20.7. The Morgan fingerprint density at radius 3 is 2.76 bits per heavy atom. The van der Waals surface area contributed by atoms with Gasteiger partial charge in [0.15, 0.2) is 17.4 Å². The van der Waals surface area contributed by atoms with Gasteiger partial charge in [-0.25, -0.2) is 14.2 Å². The SMILES string of the molecule is CCc1cc(O)c(F)cc1-c1ccc2c(-c3nc4c([nH]3)CN(C(=O)N3CC(O)C3)C4)n[nH]c2c1. The number of aliphatic hydroxyl groups is 1. The van der Waals surface area contributed by atoms with Gasteiger partial charge in [0.05, 0.1) is 49.2 Å². The number of H-pyrrole nitrogens is 2. The minimum absolute atomic E-state index is 0.0897. The van der Waals surface area contributed by atoms with Crippen LogP contribution in [0, 0.1) is 5.82 Å². The van der Waals surface area contributed by atoms with Crippen LogP contribution in [0.5, 0.6) is 5.75 Å². The van der Waals surface area contributed by atoms with Gasteiger partial charge in [-0.05, 0) is 47.4 Å². The van der Waals surface area contributed by atoms with Crippen LogP contribution in [0.1, 0.15) is 23.9 Å². The lowest BCUT2D eigenvalue weighted by atomic mass is 9.96. The molecule has 4 heterocycles. The number of benzene rings is 2. The number of aromatic hydroxyl groups is 1. The average Bonchev–Trinajstić information content (AvgIpc) is 3.50. The van der Waals surface area contributed by atoms with Gasteiger partial charge < -0.3 is 25.0 Å². The van der Waals surface area contributed by atoms with Gasteiger partial charge in [-0.2, -0.15) is 5.10 Å². The molecule has 0 unspecified atom stereocenters. The first-order chi connectivity index (χ1) is 16.4. The summed E-state index contributed by atoms with van der Waals surface area (Å²) in [6.07, 6.45) is 0.231. The van der Waals surface area contributed by atoms with Crippen LogP contribution in [-0.4, -0.2) is 65.4 Å². The minimum atomic E-state index is -0.652. The van der Waals surface area contributed by atoms with Crippen LogP contribution in [0.3, 0.4) is 0 Å². The average molecular weight is 462 g/mol. The number of β-amino-alcohol motifs (C(OH)–C–C–N with tert-alkyl or cyclic N) is 1. The molecular weight excluding hydrogens is 439 g/mol. The van der Waals surface area contributed by atoms with E-state index in [-0.39, 0.29) is 11.8 Å². The van der Waals surface area contributed by atoms with Crippen LogP contribution in [0.15, 0.2) is 30.3 Å². The molecule has 1 fully saturated rings. The molecule has 0 radical (unpaired) electrons. The van der Waals surface area contributed by atoms with Crippen molar-refractivity contribution >= 4 is 16.9 Å². The van der Waals surface area contributed by atoms with E-state index in [2.05, 4.69) is 20.2 Å². The summed E-state index contributed by atoms with van der Waals surface area (Å²) in [5, 5.41) is 27.5. The molecule has 2 aliphatic rings. The highest BCUT2D eigenvalue weighted by Gasteiger charge is 2.35. The lowest BCUT2D eigenvalue weighted by Gasteiger charge is -2.38. The number of hydrogen-bond donors (Lipinski definition) is 4. The van der Waals surface area contributed by atoms with Gasteiger partial charge in [0.2, 0.25) is 0 Å². The Bertz CT molecular complexity index is 1410. The molecule has 34 heavy (non-hydrogen) atoms. The second-order valence-electron chi connectivity index (χ2n) is 8.85. The highest BCUT2D eigenvalue weighted by atomic mass is 19.1.